The third-order valence-electron chi connectivity index (χ3n) is 11.2. The van der Waals surface area contributed by atoms with Gasteiger partial charge in [0.2, 0.25) is 0 Å². The van der Waals surface area contributed by atoms with Crippen molar-refractivity contribution in [3.63, 3.8) is 0 Å². The highest BCUT2D eigenvalue weighted by atomic mass is 32.1. The summed E-state index contributed by atoms with van der Waals surface area (Å²) < 4.78 is 24.7. The smallest absolute Gasteiger partial charge is 0.407 e. The molecule has 0 aromatic carbocycles. The van der Waals surface area contributed by atoms with Crippen molar-refractivity contribution in [2.24, 2.45) is 23.7 Å². The van der Waals surface area contributed by atoms with Crippen molar-refractivity contribution >= 4 is 31.7 Å². The van der Waals surface area contributed by atoms with Crippen LogP contribution in [0.5, 0.6) is 0 Å². The summed E-state index contributed by atoms with van der Waals surface area (Å²) in [5.74, 6) is -0.379. The Morgan fingerprint density at radius 3 is 2.18 bits per heavy atom. The van der Waals surface area contributed by atoms with Crippen molar-refractivity contribution in [3.8, 4) is 0 Å². The number of rotatable bonds is 25. The first-order chi connectivity index (χ1) is 27.9. The van der Waals surface area contributed by atoms with Crippen molar-refractivity contribution in [1.82, 2.24) is 10.3 Å². The van der Waals surface area contributed by atoms with E-state index in [0.29, 0.717) is 23.5 Å². The Hall–Kier alpha value is -3.35. The normalized spacial score (nSPS) is 17.7. The van der Waals surface area contributed by atoms with Crippen LogP contribution in [0.3, 0.4) is 0 Å². The van der Waals surface area contributed by atoms with Crippen LogP contribution in [0.15, 0.2) is 89.4 Å². The summed E-state index contributed by atoms with van der Waals surface area (Å²) in [7, 11) is 1.05. The molecular formula is C49H80N2O7SSi. The van der Waals surface area contributed by atoms with Crippen LogP contribution in [0.2, 0.25) is 18.1 Å². The molecule has 0 saturated carbocycles. The summed E-state index contributed by atoms with van der Waals surface area (Å²) in [6, 6.07) is 0. The lowest BCUT2D eigenvalue weighted by Crippen LogP contribution is -2.45. The number of hydrogen-bond donors (Lipinski definition) is 2. The molecule has 0 unspecified atom stereocenters. The molecule has 2 N–H and O–H groups in total. The van der Waals surface area contributed by atoms with Gasteiger partial charge in [0.1, 0.15) is 5.01 Å². The van der Waals surface area contributed by atoms with Crippen LogP contribution in [0, 0.1) is 23.7 Å². The van der Waals surface area contributed by atoms with E-state index >= 15 is 0 Å². The highest BCUT2D eigenvalue weighted by Crippen LogP contribution is 2.39. The molecule has 1 rings (SSSR count). The van der Waals surface area contributed by atoms with Gasteiger partial charge in [0.25, 0.3) is 0 Å². The Morgan fingerprint density at radius 1 is 0.983 bits per heavy atom. The predicted octanol–water partition coefficient (Wildman–Crippen LogP) is 12.7. The average Bonchev–Trinajstić information content (AvgIpc) is 3.65. The second-order valence-corrected chi connectivity index (χ2v) is 23.9. The zero-order valence-electron chi connectivity index (χ0n) is 39.9. The minimum Gasteiger partial charge on any atom is -0.455 e. The number of hydrogen-bond acceptors (Lipinski definition) is 9. The van der Waals surface area contributed by atoms with Crippen molar-refractivity contribution in [3.05, 3.63) is 100 Å². The van der Waals surface area contributed by atoms with Crippen LogP contribution in [0.4, 0.5) is 4.79 Å². The van der Waals surface area contributed by atoms with Crippen LogP contribution in [0.1, 0.15) is 132 Å². The summed E-state index contributed by atoms with van der Waals surface area (Å²) in [6.07, 6.45) is 15.2. The molecule has 338 valence electrons. The lowest BCUT2D eigenvalue weighted by Gasteiger charge is -2.40. The molecule has 11 heteroatoms. The van der Waals surface area contributed by atoms with Crippen LogP contribution < -0.4 is 5.32 Å². The number of amides is 1. The second-order valence-electron chi connectivity index (χ2n) is 18.3. The van der Waals surface area contributed by atoms with Gasteiger partial charge in [-0.25, -0.2) is 9.78 Å². The average molecular weight is 869 g/mol. The fourth-order valence-corrected chi connectivity index (χ4v) is 8.68. The van der Waals surface area contributed by atoms with Crippen LogP contribution in [-0.4, -0.2) is 62.9 Å². The maximum absolute atomic E-state index is 13.7. The third kappa shape index (κ3) is 18.7. The number of methoxy groups -OCH3 is 1. The summed E-state index contributed by atoms with van der Waals surface area (Å²) in [5, 5.41) is 15.5. The lowest BCUT2D eigenvalue weighted by atomic mass is 9.92. The standard InChI is InChI=1S/C49H80N2O7SSi/c1-19-33(5)28-35(7)29-38(10)42(58-60(17,18)49(12,13)14)30-34(6)23-21-26-44(53)57-46(37(9)25-22-24-36(8)45(55-16)39(11)41(52)20-2)40-31-59-47(51-40)43(27-32(3)4)56-48(54)50-15/h19-20,22,24-25,28-32,37-39,41-43,45-46,52H,1-2,21,23,26-27H2,3-18H3,(H,50,54)/b25-22+,33-28-,34-30+,35-29-,36-24+/t37-,38-,39+,41+,42+,43-,45+,46-/m0/s1. The lowest BCUT2D eigenvalue weighted by molar-refractivity contribution is -0.151. The summed E-state index contributed by atoms with van der Waals surface area (Å²) in [5.41, 5.74) is 4.98. The number of alkyl carbamates (subject to hydrolysis) is 1. The van der Waals surface area contributed by atoms with E-state index in [2.05, 4.69) is 105 Å². The van der Waals surface area contributed by atoms with Gasteiger partial charge >= 0.3 is 12.1 Å². The van der Waals surface area contributed by atoms with E-state index in [-0.39, 0.29) is 53.3 Å². The number of carbonyl (C=O) groups is 2. The largest absolute Gasteiger partial charge is 0.455 e. The van der Waals surface area contributed by atoms with Crippen LogP contribution in [0.25, 0.3) is 0 Å². The zero-order valence-corrected chi connectivity index (χ0v) is 41.7. The van der Waals surface area contributed by atoms with E-state index in [4.69, 9.17) is 23.6 Å². The molecular weight excluding hydrogens is 789 g/mol. The van der Waals surface area contributed by atoms with Gasteiger partial charge in [-0.3, -0.25) is 4.79 Å². The fourth-order valence-electron chi connectivity index (χ4n) is 6.48. The Kier molecular flexibility index (Phi) is 23.9. The summed E-state index contributed by atoms with van der Waals surface area (Å²) in [6.45, 7) is 37.4. The third-order valence-corrected chi connectivity index (χ3v) is 16.6. The molecule has 0 bridgehead atoms. The number of nitrogens with zero attached hydrogens (tertiary/aromatic N) is 1. The Morgan fingerprint density at radius 2 is 1.63 bits per heavy atom. The molecule has 0 fully saturated rings. The van der Waals surface area contributed by atoms with Gasteiger partial charge in [-0.2, -0.15) is 0 Å². The number of carbonyl (C=O) groups excluding carboxylic acids is 2. The first-order valence-electron chi connectivity index (χ1n) is 21.5. The van der Waals surface area contributed by atoms with Crippen molar-refractivity contribution in [2.45, 2.75) is 157 Å². The van der Waals surface area contributed by atoms with Gasteiger partial charge in [0.05, 0.1) is 24.0 Å². The van der Waals surface area contributed by atoms with Gasteiger partial charge in [-0.15, -0.1) is 17.9 Å². The van der Waals surface area contributed by atoms with Gasteiger partial charge in [-0.05, 0) is 76.6 Å². The molecule has 0 radical (unpaired) electrons. The molecule has 1 heterocycles. The van der Waals surface area contributed by atoms with Crippen LogP contribution in [-0.2, 0) is 23.4 Å². The molecule has 0 aliphatic heterocycles. The predicted molar refractivity (Wildman–Crippen MR) is 253 cm³/mol. The molecule has 0 saturated heterocycles. The Bertz CT molecular complexity index is 1680. The van der Waals surface area contributed by atoms with E-state index in [1.165, 1.54) is 30.0 Å². The first-order valence-corrected chi connectivity index (χ1v) is 25.3. The molecule has 9 nitrogen and oxygen atoms in total. The van der Waals surface area contributed by atoms with Gasteiger partial charge in [0.15, 0.2) is 20.5 Å². The van der Waals surface area contributed by atoms with Crippen molar-refractivity contribution in [1.29, 1.82) is 0 Å². The monoisotopic (exact) mass is 869 g/mol. The van der Waals surface area contributed by atoms with E-state index in [9.17, 15) is 14.7 Å². The minimum absolute atomic E-state index is 0.0526. The second kappa shape index (κ2) is 26.2. The highest BCUT2D eigenvalue weighted by molar-refractivity contribution is 7.09. The molecule has 0 spiro atoms. The number of aliphatic hydroxyl groups excluding tert-OH is 1. The van der Waals surface area contributed by atoms with E-state index in [0.717, 1.165) is 23.1 Å². The van der Waals surface area contributed by atoms with Crippen molar-refractivity contribution in [2.75, 3.05) is 14.2 Å². The fraction of sp³-hybridized carbons (Fsp3) is 0.612. The summed E-state index contributed by atoms with van der Waals surface area (Å²) >= 11 is 1.39. The van der Waals surface area contributed by atoms with E-state index in [1.54, 1.807) is 7.11 Å². The molecule has 0 aliphatic carbocycles. The van der Waals surface area contributed by atoms with E-state index in [1.807, 2.05) is 57.4 Å². The molecule has 60 heavy (non-hydrogen) atoms. The molecule has 1 aromatic heterocycles. The SMILES string of the molecule is C=C/C(C)=C\C(C)=C/[C@H](C)[C@@H](/C=C(\C)CCCC(=O)O[C@H](c1csc([C@H](CC(C)C)OC(=O)NC)n1)[C@@H](C)/C=C/C=C(\C)[C@@H](OC)[C@H](C)[C@H](O)C=C)O[Si](C)(C)C(C)(C)C. The van der Waals surface area contributed by atoms with Gasteiger partial charge in [-0.1, -0.05) is 127 Å². The number of thiazole rings is 1. The Labute approximate surface area is 369 Å². The zero-order chi connectivity index (χ0) is 46.0. The number of aliphatic hydroxyl groups is 1. The van der Waals surface area contributed by atoms with Gasteiger partial charge < -0.3 is 29.1 Å². The number of allylic oxidation sites excluding steroid dienone is 7. The first kappa shape index (κ1) is 54.7. The highest BCUT2D eigenvalue weighted by Gasteiger charge is 2.39. The maximum atomic E-state index is 13.7. The quantitative estimate of drug-likeness (QED) is 0.0432. The topological polar surface area (TPSA) is 116 Å². The van der Waals surface area contributed by atoms with Crippen LogP contribution >= 0.6 is 11.3 Å². The summed E-state index contributed by atoms with van der Waals surface area (Å²) in [4.78, 5) is 30.8. The molecule has 1 aromatic rings. The Balaban J connectivity index is 3.43. The van der Waals surface area contributed by atoms with Crippen molar-refractivity contribution < 1.29 is 33.3 Å². The molecule has 8 atom stereocenters. The number of aromatic nitrogens is 1. The maximum Gasteiger partial charge on any atom is 0.407 e. The molecule has 1 amide bonds. The molecule has 0 aliphatic rings. The number of esters is 1. The number of ether oxygens (including phenoxy) is 3. The van der Waals surface area contributed by atoms with E-state index < -0.39 is 32.7 Å². The van der Waals surface area contributed by atoms with Gasteiger partial charge in [0, 0.05) is 43.7 Å². The minimum atomic E-state index is -2.10. The number of nitrogens with one attached hydrogen (secondary N) is 1.